The number of carbonyl (C=O) groups is 1. The van der Waals surface area contributed by atoms with Gasteiger partial charge in [-0.05, 0) is 45.4 Å². The molecule has 3 fully saturated rings. The molecule has 0 radical (unpaired) electrons. The number of likely N-dealkylation sites (tertiary alicyclic amines) is 1. The van der Waals surface area contributed by atoms with Gasteiger partial charge >= 0.3 is 6.03 Å². The Bertz CT molecular complexity index is 631. The summed E-state index contributed by atoms with van der Waals surface area (Å²) in [5, 5.41) is 3.30. The molecule has 4 rings (SSSR count). The van der Waals surface area contributed by atoms with E-state index >= 15 is 0 Å². The maximum Gasteiger partial charge on any atom is 0.317 e. The summed E-state index contributed by atoms with van der Waals surface area (Å²) in [7, 11) is 0. The molecule has 1 aromatic heterocycles. The van der Waals surface area contributed by atoms with Gasteiger partial charge < -0.3 is 15.1 Å². The summed E-state index contributed by atoms with van der Waals surface area (Å²) in [5.41, 5.74) is 1.02. The Labute approximate surface area is 162 Å². The number of hydrogen-bond donors (Lipinski definition) is 1. The number of piperidine rings is 1. The van der Waals surface area contributed by atoms with Crippen molar-refractivity contribution in [1.29, 1.82) is 0 Å². The third-order valence-electron chi connectivity index (χ3n) is 6.32. The molecule has 1 aromatic rings. The lowest BCUT2D eigenvalue weighted by Gasteiger charge is -2.39. The van der Waals surface area contributed by atoms with Crippen molar-refractivity contribution in [3.05, 3.63) is 18.1 Å². The number of nitrogens with zero attached hydrogens (tertiary/aromatic N) is 4. The molecule has 2 amide bonds. The summed E-state index contributed by atoms with van der Waals surface area (Å²) in [4.78, 5) is 26.0. The maximum absolute atomic E-state index is 12.7. The van der Waals surface area contributed by atoms with E-state index in [0.29, 0.717) is 18.1 Å². The molecule has 2 heterocycles. The van der Waals surface area contributed by atoms with Crippen LogP contribution in [0.3, 0.4) is 0 Å². The summed E-state index contributed by atoms with van der Waals surface area (Å²) in [6.07, 6.45) is 13.7. The Balaban J connectivity index is 1.32. The Morgan fingerprint density at radius 1 is 1.00 bits per heavy atom. The number of rotatable bonds is 4. The number of hydrogen-bond acceptors (Lipinski definition) is 4. The summed E-state index contributed by atoms with van der Waals surface area (Å²) in [6, 6.07) is 3.73. The van der Waals surface area contributed by atoms with E-state index < -0.39 is 0 Å². The molecule has 0 bridgehead atoms. The molecule has 0 atom stereocenters. The SMILES string of the molecule is Cc1cc(N(C2CC2)C2CCN(C(=O)NC3CCCCCC3)CC2)ncn1. The van der Waals surface area contributed by atoms with Crippen LogP contribution in [-0.2, 0) is 0 Å². The monoisotopic (exact) mass is 371 g/mol. The first kappa shape index (κ1) is 18.5. The molecule has 0 aromatic carbocycles. The van der Waals surface area contributed by atoms with Crippen LogP contribution in [0.2, 0.25) is 0 Å². The second-order valence-corrected chi connectivity index (χ2v) is 8.51. The zero-order valence-corrected chi connectivity index (χ0v) is 16.6. The van der Waals surface area contributed by atoms with Crippen LogP contribution < -0.4 is 10.2 Å². The number of nitrogens with one attached hydrogen (secondary N) is 1. The highest BCUT2D eigenvalue weighted by molar-refractivity contribution is 5.74. The first-order valence-electron chi connectivity index (χ1n) is 10.8. The molecule has 27 heavy (non-hydrogen) atoms. The lowest BCUT2D eigenvalue weighted by atomic mass is 10.0. The molecular weight excluding hydrogens is 338 g/mol. The summed E-state index contributed by atoms with van der Waals surface area (Å²) in [6.45, 7) is 3.71. The van der Waals surface area contributed by atoms with Crippen molar-refractivity contribution < 1.29 is 4.79 Å². The first-order chi connectivity index (χ1) is 13.2. The van der Waals surface area contributed by atoms with Crippen molar-refractivity contribution >= 4 is 11.8 Å². The van der Waals surface area contributed by atoms with E-state index in [0.717, 1.165) is 50.3 Å². The van der Waals surface area contributed by atoms with E-state index in [4.69, 9.17) is 0 Å². The minimum absolute atomic E-state index is 0.149. The normalized spacial score (nSPS) is 22.3. The summed E-state index contributed by atoms with van der Waals surface area (Å²) < 4.78 is 0. The van der Waals surface area contributed by atoms with Gasteiger partial charge in [0.25, 0.3) is 0 Å². The number of carbonyl (C=O) groups excluding carboxylic acids is 1. The predicted molar refractivity (Wildman–Crippen MR) is 107 cm³/mol. The molecule has 2 aliphatic carbocycles. The molecule has 3 aliphatic rings. The minimum Gasteiger partial charge on any atom is -0.350 e. The van der Waals surface area contributed by atoms with Crippen LogP contribution in [-0.4, -0.2) is 52.1 Å². The fourth-order valence-electron chi connectivity index (χ4n) is 4.64. The highest BCUT2D eigenvalue weighted by Crippen LogP contribution is 2.35. The van der Waals surface area contributed by atoms with Crippen molar-refractivity contribution in [3.8, 4) is 0 Å². The van der Waals surface area contributed by atoms with E-state index in [1.807, 2.05) is 11.8 Å². The molecule has 6 nitrogen and oxygen atoms in total. The fourth-order valence-corrected chi connectivity index (χ4v) is 4.64. The van der Waals surface area contributed by atoms with Crippen LogP contribution in [0.25, 0.3) is 0 Å². The van der Waals surface area contributed by atoms with Gasteiger partial charge in [-0.25, -0.2) is 14.8 Å². The molecule has 0 unspecified atom stereocenters. The highest BCUT2D eigenvalue weighted by atomic mass is 16.2. The lowest BCUT2D eigenvalue weighted by Crippen LogP contribution is -2.52. The Hall–Kier alpha value is -1.85. The van der Waals surface area contributed by atoms with Gasteiger partial charge in [0.15, 0.2) is 0 Å². The molecule has 6 heteroatoms. The van der Waals surface area contributed by atoms with Gasteiger partial charge in [-0.1, -0.05) is 25.7 Å². The number of aromatic nitrogens is 2. The standard InChI is InChI=1S/C21H33N5O/c1-16-14-20(23-15-22-16)26(18-8-9-18)19-10-12-25(13-11-19)21(27)24-17-6-4-2-3-5-7-17/h14-15,17-19H,2-13H2,1H3,(H,24,27). The third kappa shape index (κ3) is 4.71. The highest BCUT2D eigenvalue weighted by Gasteiger charge is 2.37. The van der Waals surface area contributed by atoms with E-state index in [1.54, 1.807) is 6.33 Å². The zero-order valence-electron chi connectivity index (χ0n) is 16.6. The molecular formula is C21H33N5O. The topological polar surface area (TPSA) is 61.4 Å². The Kier molecular flexibility index (Phi) is 5.79. The number of amides is 2. The van der Waals surface area contributed by atoms with Gasteiger partial charge in [0.1, 0.15) is 12.1 Å². The quantitative estimate of drug-likeness (QED) is 0.821. The smallest absolute Gasteiger partial charge is 0.317 e. The predicted octanol–water partition coefficient (Wildman–Crippen LogP) is 3.65. The average Bonchev–Trinajstić information content (AvgIpc) is 3.51. The maximum atomic E-state index is 12.7. The fraction of sp³-hybridized carbons (Fsp3) is 0.762. The van der Waals surface area contributed by atoms with Crippen molar-refractivity contribution in [2.45, 2.75) is 89.3 Å². The number of anilines is 1. The molecule has 2 saturated carbocycles. The lowest BCUT2D eigenvalue weighted by molar-refractivity contribution is 0.175. The van der Waals surface area contributed by atoms with E-state index in [1.165, 1.54) is 38.5 Å². The van der Waals surface area contributed by atoms with Crippen LogP contribution in [0, 0.1) is 6.92 Å². The van der Waals surface area contributed by atoms with Crippen LogP contribution in [0.15, 0.2) is 12.4 Å². The van der Waals surface area contributed by atoms with Crippen molar-refractivity contribution in [2.24, 2.45) is 0 Å². The van der Waals surface area contributed by atoms with E-state index in [2.05, 4.69) is 26.3 Å². The summed E-state index contributed by atoms with van der Waals surface area (Å²) >= 11 is 0. The second-order valence-electron chi connectivity index (χ2n) is 8.51. The van der Waals surface area contributed by atoms with Gasteiger partial charge in [-0.2, -0.15) is 0 Å². The van der Waals surface area contributed by atoms with E-state index in [-0.39, 0.29) is 6.03 Å². The molecule has 1 saturated heterocycles. The number of aryl methyl sites for hydroxylation is 1. The minimum atomic E-state index is 0.149. The first-order valence-corrected chi connectivity index (χ1v) is 10.8. The van der Waals surface area contributed by atoms with Crippen LogP contribution in [0.4, 0.5) is 10.6 Å². The van der Waals surface area contributed by atoms with Gasteiger partial charge in [0.2, 0.25) is 0 Å². The summed E-state index contributed by atoms with van der Waals surface area (Å²) in [5.74, 6) is 1.06. The zero-order chi connectivity index (χ0) is 18.6. The van der Waals surface area contributed by atoms with Crippen LogP contribution >= 0.6 is 0 Å². The van der Waals surface area contributed by atoms with Crippen molar-refractivity contribution in [1.82, 2.24) is 20.2 Å². The second kappa shape index (κ2) is 8.44. The molecule has 0 spiro atoms. The van der Waals surface area contributed by atoms with Gasteiger partial charge in [0, 0.05) is 43.0 Å². The van der Waals surface area contributed by atoms with E-state index in [9.17, 15) is 4.79 Å². The Morgan fingerprint density at radius 2 is 1.67 bits per heavy atom. The Morgan fingerprint density at radius 3 is 2.30 bits per heavy atom. The average molecular weight is 372 g/mol. The van der Waals surface area contributed by atoms with Crippen LogP contribution in [0.1, 0.15) is 69.9 Å². The molecule has 148 valence electrons. The van der Waals surface area contributed by atoms with Crippen LogP contribution in [0.5, 0.6) is 0 Å². The van der Waals surface area contributed by atoms with Crippen molar-refractivity contribution in [2.75, 3.05) is 18.0 Å². The van der Waals surface area contributed by atoms with Gasteiger partial charge in [-0.15, -0.1) is 0 Å². The van der Waals surface area contributed by atoms with Gasteiger partial charge in [-0.3, -0.25) is 0 Å². The largest absolute Gasteiger partial charge is 0.350 e. The molecule has 1 N–H and O–H groups in total. The molecule has 1 aliphatic heterocycles. The van der Waals surface area contributed by atoms with Crippen molar-refractivity contribution in [3.63, 3.8) is 0 Å². The third-order valence-corrected chi connectivity index (χ3v) is 6.32. The van der Waals surface area contributed by atoms with Gasteiger partial charge in [0.05, 0.1) is 0 Å². The number of urea groups is 1.